The van der Waals surface area contributed by atoms with Crippen LogP contribution in [0.4, 0.5) is 8.78 Å². The van der Waals surface area contributed by atoms with Crippen LogP contribution in [0, 0.1) is 17.0 Å². The lowest BCUT2D eigenvalue weighted by atomic mass is 9.55. The Labute approximate surface area is 94.1 Å². The number of aliphatic hydroxyl groups excluding tert-OH is 1. The quantitative estimate of drug-likeness (QED) is 0.820. The van der Waals surface area contributed by atoms with Crippen LogP contribution in [0.2, 0.25) is 0 Å². The van der Waals surface area contributed by atoms with Crippen molar-refractivity contribution in [3.05, 3.63) is 35.4 Å². The number of aliphatic hydroxyl groups is 1. The van der Waals surface area contributed by atoms with Crippen LogP contribution in [0.5, 0.6) is 0 Å². The SMILES string of the molecule is CCC1(C)C(O)CC1c1ccc(F)cc1F. The summed E-state index contributed by atoms with van der Waals surface area (Å²) in [5.74, 6) is -1.07. The van der Waals surface area contributed by atoms with E-state index in [2.05, 4.69) is 0 Å². The molecule has 3 unspecified atom stereocenters. The van der Waals surface area contributed by atoms with E-state index in [1.54, 1.807) is 0 Å². The first-order chi connectivity index (χ1) is 7.49. The van der Waals surface area contributed by atoms with Gasteiger partial charge in [-0.1, -0.05) is 19.9 Å². The van der Waals surface area contributed by atoms with Gasteiger partial charge < -0.3 is 5.11 Å². The molecule has 0 aromatic heterocycles. The molecule has 0 heterocycles. The first-order valence-electron chi connectivity index (χ1n) is 5.62. The fourth-order valence-electron chi connectivity index (χ4n) is 2.58. The van der Waals surface area contributed by atoms with E-state index in [1.165, 1.54) is 12.1 Å². The molecule has 0 amide bonds. The minimum absolute atomic E-state index is 0.00639. The van der Waals surface area contributed by atoms with E-state index in [4.69, 9.17) is 0 Å². The summed E-state index contributed by atoms with van der Waals surface area (Å²) in [5.41, 5.74) is 0.245. The van der Waals surface area contributed by atoms with Crippen molar-refractivity contribution in [1.29, 1.82) is 0 Å². The van der Waals surface area contributed by atoms with Crippen molar-refractivity contribution >= 4 is 0 Å². The normalized spacial score (nSPS) is 33.6. The molecule has 1 aromatic rings. The zero-order chi connectivity index (χ0) is 11.9. The molecule has 3 atom stereocenters. The van der Waals surface area contributed by atoms with Gasteiger partial charge in [-0.2, -0.15) is 0 Å². The Kier molecular flexibility index (Phi) is 2.74. The zero-order valence-electron chi connectivity index (χ0n) is 9.50. The van der Waals surface area contributed by atoms with Gasteiger partial charge in [-0.25, -0.2) is 8.78 Å². The molecule has 0 radical (unpaired) electrons. The highest BCUT2D eigenvalue weighted by Crippen LogP contribution is 2.55. The van der Waals surface area contributed by atoms with Crippen molar-refractivity contribution in [2.24, 2.45) is 5.41 Å². The lowest BCUT2D eigenvalue weighted by Gasteiger charge is -2.51. The third-order valence-corrected chi connectivity index (χ3v) is 4.12. The molecule has 1 saturated carbocycles. The minimum atomic E-state index is -0.556. The largest absolute Gasteiger partial charge is 0.393 e. The van der Waals surface area contributed by atoms with E-state index in [0.29, 0.717) is 12.0 Å². The van der Waals surface area contributed by atoms with Crippen LogP contribution in [0.15, 0.2) is 18.2 Å². The van der Waals surface area contributed by atoms with Gasteiger partial charge in [0.15, 0.2) is 0 Å². The third kappa shape index (κ3) is 1.54. The molecule has 1 aliphatic carbocycles. The number of rotatable bonds is 2. The second kappa shape index (κ2) is 3.81. The molecule has 1 nitrogen and oxygen atoms in total. The molecule has 1 N–H and O–H groups in total. The Hall–Kier alpha value is -0.960. The van der Waals surface area contributed by atoms with E-state index >= 15 is 0 Å². The van der Waals surface area contributed by atoms with Gasteiger partial charge in [-0.05, 0) is 30.4 Å². The maximum atomic E-state index is 13.6. The van der Waals surface area contributed by atoms with Crippen LogP contribution in [-0.2, 0) is 0 Å². The van der Waals surface area contributed by atoms with Crippen LogP contribution in [-0.4, -0.2) is 11.2 Å². The maximum absolute atomic E-state index is 13.6. The molecular weight excluding hydrogens is 210 g/mol. The standard InChI is InChI=1S/C13H16F2O/c1-3-13(2)10(7-12(13)16)9-5-4-8(14)6-11(9)15/h4-6,10,12,16H,3,7H2,1-2H3. The Bertz CT molecular complexity index is 405. The van der Waals surface area contributed by atoms with Crippen molar-refractivity contribution in [2.45, 2.75) is 38.7 Å². The topological polar surface area (TPSA) is 20.2 Å². The van der Waals surface area contributed by atoms with Crippen molar-refractivity contribution in [3.8, 4) is 0 Å². The second-order valence-electron chi connectivity index (χ2n) is 4.83. The van der Waals surface area contributed by atoms with Crippen molar-refractivity contribution in [3.63, 3.8) is 0 Å². The number of benzene rings is 1. The van der Waals surface area contributed by atoms with Crippen LogP contribution in [0.3, 0.4) is 0 Å². The van der Waals surface area contributed by atoms with Crippen LogP contribution >= 0.6 is 0 Å². The summed E-state index contributed by atoms with van der Waals surface area (Å²) in [4.78, 5) is 0. The lowest BCUT2D eigenvalue weighted by molar-refractivity contribution is -0.0787. The van der Waals surface area contributed by atoms with E-state index in [0.717, 1.165) is 12.5 Å². The zero-order valence-corrected chi connectivity index (χ0v) is 9.50. The first kappa shape index (κ1) is 11.5. The van der Waals surface area contributed by atoms with Gasteiger partial charge >= 0.3 is 0 Å². The molecule has 2 rings (SSSR count). The van der Waals surface area contributed by atoms with Crippen LogP contribution in [0.1, 0.15) is 38.2 Å². The average molecular weight is 226 g/mol. The molecule has 0 saturated heterocycles. The molecule has 0 aliphatic heterocycles. The summed E-state index contributed by atoms with van der Waals surface area (Å²) in [6, 6.07) is 3.68. The summed E-state index contributed by atoms with van der Waals surface area (Å²) in [6.45, 7) is 3.94. The van der Waals surface area contributed by atoms with Gasteiger partial charge in [0.25, 0.3) is 0 Å². The van der Waals surface area contributed by atoms with E-state index in [-0.39, 0.29) is 17.4 Å². The van der Waals surface area contributed by atoms with E-state index in [9.17, 15) is 13.9 Å². The van der Waals surface area contributed by atoms with Gasteiger partial charge in [-0.3, -0.25) is 0 Å². The molecular formula is C13H16F2O. The summed E-state index contributed by atoms with van der Waals surface area (Å²) in [5, 5.41) is 9.75. The third-order valence-electron chi connectivity index (χ3n) is 4.12. The highest BCUT2D eigenvalue weighted by atomic mass is 19.1. The summed E-state index contributed by atoms with van der Waals surface area (Å²) in [6.07, 6.45) is 0.967. The summed E-state index contributed by atoms with van der Waals surface area (Å²) < 4.78 is 26.4. The van der Waals surface area contributed by atoms with Crippen molar-refractivity contribution < 1.29 is 13.9 Å². The van der Waals surface area contributed by atoms with Gasteiger partial charge in [0.05, 0.1) is 6.10 Å². The molecule has 1 fully saturated rings. The summed E-state index contributed by atoms with van der Waals surface area (Å²) >= 11 is 0. The monoisotopic (exact) mass is 226 g/mol. The van der Waals surface area contributed by atoms with E-state index < -0.39 is 11.6 Å². The first-order valence-corrected chi connectivity index (χ1v) is 5.62. The molecule has 1 aromatic carbocycles. The summed E-state index contributed by atoms with van der Waals surface area (Å²) in [7, 11) is 0. The predicted molar refractivity (Wildman–Crippen MR) is 58.1 cm³/mol. The fraction of sp³-hybridized carbons (Fsp3) is 0.538. The maximum Gasteiger partial charge on any atom is 0.129 e. The molecule has 0 bridgehead atoms. The van der Waals surface area contributed by atoms with Crippen LogP contribution in [0.25, 0.3) is 0 Å². The number of halogens is 2. The Balaban J connectivity index is 2.33. The van der Waals surface area contributed by atoms with Gasteiger partial charge in [0.2, 0.25) is 0 Å². The Morgan fingerprint density at radius 1 is 1.44 bits per heavy atom. The Morgan fingerprint density at radius 3 is 2.62 bits per heavy atom. The van der Waals surface area contributed by atoms with Gasteiger partial charge in [0.1, 0.15) is 11.6 Å². The minimum Gasteiger partial charge on any atom is -0.393 e. The predicted octanol–water partition coefficient (Wildman–Crippen LogP) is 3.23. The lowest BCUT2D eigenvalue weighted by Crippen LogP contribution is -2.49. The number of hydrogen-bond donors (Lipinski definition) is 1. The van der Waals surface area contributed by atoms with Crippen LogP contribution < -0.4 is 0 Å². The Morgan fingerprint density at radius 2 is 2.12 bits per heavy atom. The highest BCUT2D eigenvalue weighted by molar-refractivity contribution is 5.29. The van der Waals surface area contributed by atoms with Gasteiger partial charge in [0, 0.05) is 11.5 Å². The van der Waals surface area contributed by atoms with Gasteiger partial charge in [-0.15, -0.1) is 0 Å². The number of hydrogen-bond acceptors (Lipinski definition) is 1. The smallest absolute Gasteiger partial charge is 0.129 e. The molecule has 0 spiro atoms. The molecule has 1 aliphatic rings. The highest BCUT2D eigenvalue weighted by Gasteiger charge is 2.50. The second-order valence-corrected chi connectivity index (χ2v) is 4.83. The van der Waals surface area contributed by atoms with Crippen molar-refractivity contribution in [2.75, 3.05) is 0 Å². The molecule has 3 heteroatoms. The molecule has 88 valence electrons. The van der Waals surface area contributed by atoms with E-state index in [1.807, 2.05) is 13.8 Å². The molecule has 16 heavy (non-hydrogen) atoms. The van der Waals surface area contributed by atoms with Crippen molar-refractivity contribution in [1.82, 2.24) is 0 Å². The average Bonchev–Trinajstić information content (AvgIpc) is 2.26. The fourth-order valence-corrected chi connectivity index (χ4v) is 2.58.